The van der Waals surface area contributed by atoms with Crippen LogP contribution in [-0.2, 0) is 0 Å². The van der Waals surface area contributed by atoms with Crippen LogP contribution in [0.4, 0.5) is 0 Å². The minimum absolute atomic E-state index is 0.0471. The van der Waals surface area contributed by atoms with Crippen LogP contribution in [0.25, 0.3) is 0 Å². The molecule has 0 spiro atoms. The molecular weight excluding hydrogens is 279 g/mol. The summed E-state index contributed by atoms with van der Waals surface area (Å²) in [6.45, 7) is 0. The monoisotopic (exact) mass is 288 g/mol. The van der Waals surface area contributed by atoms with E-state index in [1.807, 2.05) is 0 Å². The van der Waals surface area contributed by atoms with Gasteiger partial charge in [0.05, 0.1) is 16.1 Å². The number of hydrogen-bond acceptors (Lipinski definition) is 4. The molecule has 1 aromatic carbocycles. The minimum atomic E-state index is -0.754. The van der Waals surface area contributed by atoms with Gasteiger partial charge in [0.15, 0.2) is 0 Å². The fraction of sp³-hybridized carbons (Fsp3) is 0.182. The highest BCUT2D eigenvalue weighted by molar-refractivity contribution is 6.37. The van der Waals surface area contributed by atoms with Gasteiger partial charge in [0.25, 0.3) is 5.78 Å². The van der Waals surface area contributed by atoms with Crippen molar-refractivity contribution in [3.8, 4) is 0 Å². The molecule has 0 radical (unpaired) electrons. The molecule has 0 unspecified atom stereocenters. The second kappa shape index (κ2) is 5.84. The molecule has 7 heteroatoms. The van der Waals surface area contributed by atoms with Gasteiger partial charge in [0.1, 0.15) is 0 Å². The number of carbonyl (C=O) groups excluding carboxylic acids is 1. The number of nitrogens with zero attached hydrogens (tertiary/aromatic N) is 2. The molecule has 0 saturated carbocycles. The van der Waals surface area contributed by atoms with Crippen LogP contribution >= 0.6 is 23.2 Å². The average Bonchev–Trinajstić information content (AvgIpc) is 2.24. The fourth-order valence-electron chi connectivity index (χ4n) is 1.24. The zero-order valence-electron chi connectivity index (χ0n) is 9.68. The van der Waals surface area contributed by atoms with E-state index >= 15 is 0 Å². The minimum Gasteiger partial charge on any atom is -0.378 e. The second-order valence-corrected chi connectivity index (χ2v) is 4.53. The molecule has 0 amide bonds. The van der Waals surface area contributed by atoms with Crippen LogP contribution < -0.4 is 0 Å². The van der Waals surface area contributed by atoms with Gasteiger partial charge in [0, 0.05) is 24.7 Å². The lowest BCUT2D eigenvalue weighted by Gasteiger charge is -2.06. The van der Waals surface area contributed by atoms with E-state index in [0.29, 0.717) is 5.02 Å². The summed E-state index contributed by atoms with van der Waals surface area (Å²) < 4.78 is 0. The smallest absolute Gasteiger partial charge is 0.332 e. The molecule has 96 valence electrons. The predicted octanol–water partition coefficient (Wildman–Crippen LogP) is 2.86. The third-order valence-corrected chi connectivity index (χ3v) is 2.53. The van der Waals surface area contributed by atoms with Crippen molar-refractivity contribution >= 4 is 29.0 Å². The zero-order chi connectivity index (χ0) is 13.9. The van der Waals surface area contributed by atoms with Gasteiger partial charge < -0.3 is 4.90 Å². The first-order valence-electron chi connectivity index (χ1n) is 4.85. The van der Waals surface area contributed by atoms with E-state index in [1.165, 1.54) is 23.1 Å². The quantitative estimate of drug-likeness (QED) is 0.370. The Balaban J connectivity index is 3.23. The average molecular weight is 289 g/mol. The van der Waals surface area contributed by atoms with Gasteiger partial charge in [-0.3, -0.25) is 14.9 Å². The Morgan fingerprint density at radius 1 is 1.39 bits per heavy atom. The van der Waals surface area contributed by atoms with Crippen LogP contribution in [-0.4, -0.2) is 29.7 Å². The summed E-state index contributed by atoms with van der Waals surface area (Å²) in [6, 6.07) is 4.18. The first kappa shape index (κ1) is 14.5. The predicted molar refractivity (Wildman–Crippen MR) is 69.6 cm³/mol. The van der Waals surface area contributed by atoms with Gasteiger partial charge in [0.2, 0.25) is 0 Å². The lowest BCUT2D eigenvalue weighted by molar-refractivity contribution is -0.417. The highest BCUT2D eigenvalue weighted by Crippen LogP contribution is 2.23. The van der Waals surface area contributed by atoms with Crippen LogP contribution in [0.5, 0.6) is 0 Å². The highest BCUT2D eigenvalue weighted by atomic mass is 35.5. The third kappa shape index (κ3) is 3.45. The maximum absolute atomic E-state index is 12.0. The molecule has 1 rings (SSSR count). The van der Waals surface area contributed by atoms with Gasteiger partial charge in [-0.2, -0.15) is 0 Å². The van der Waals surface area contributed by atoms with Crippen LogP contribution in [0.15, 0.2) is 30.1 Å². The number of ketones is 1. The molecule has 5 nitrogen and oxygen atoms in total. The Bertz CT molecular complexity index is 527. The molecule has 18 heavy (non-hydrogen) atoms. The molecule has 1 aromatic rings. The molecule has 0 aliphatic heterocycles. The summed E-state index contributed by atoms with van der Waals surface area (Å²) in [7, 11) is 3.17. The van der Waals surface area contributed by atoms with Crippen LogP contribution in [0.3, 0.4) is 0 Å². The SMILES string of the molecule is CN(C)/C=C(/C(=O)c1ccc(Cl)cc1Cl)[N+](=O)[O-]. The van der Waals surface area contributed by atoms with E-state index in [9.17, 15) is 14.9 Å². The van der Waals surface area contributed by atoms with Crippen molar-refractivity contribution in [1.29, 1.82) is 0 Å². The van der Waals surface area contributed by atoms with E-state index in [1.54, 1.807) is 14.1 Å². The molecular formula is C11H10Cl2N2O3. The Morgan fingerprint density at radius 2 is 2.00 bits per heavy atom. The highest BCUT2D eigenvalue weighted by Gasteiger charge is 2.25. The molecule has 0 aromatic heterocycles. The number of allylic oxidation sites excluding steroid dienone is 1. The van der Waals surface area contributed by atoms with E-state index in [-0.39, 0.29) is 10.6 Å². The van der Waals surface area contributed by atoms with E-state index < -0.39 is 16.4 Å². The molecule has 0 aliphatic rings. The standard InChI is InChI=1S/C11H10Cl2N2O3/c1-14(2)6-10(15(17)18)11(16)8-4-3-7(12)5-9(8)13/h3-6H,1-2H3/b10-6-. The van der Waals surface area contributed by atoms with Crippen LogP contribution in [0, 0.1) is 10.1 Å². The molecule has 0 N–H and O–H groups in total. The Labute approximate surface area is 114 Å². The molecule has 0 fully saturated rings. The normalized spacial score (nSPS) is 11.2. The number of nitro groups is 1. The fourth-order valence-corrected chi connectivity index (χ4v) is 1.74. The van der Waals surface area contributed by atoms with Gasteiger partial charge in [-0.25, -0.2) is 0 Å². The van der Waals surface area contributed by atoms with Crippen molar-refractivity contribution in [2.75, 3.05) is 14.1 Å². The van der Waals surface area contributed by atoms with E-state index in [0.717, 1.165) is 6.20 Å². The Hall–Kier alpha value is -1.59. The summed E-state index contributed by atoms with van der Waals surface area (Å²) in [5, 5.41) is 11.3. The Kier molecular flexibility index (Phi) is 4.69. The molecule has 0 atom stereocenters. The third-order valence-electron chi connectivity index (χ3n) is 1.99. The summed E-state index contributed by atoms with van der Waals surface area (Å²) in [5.74, 6) is -0.754. The summed E-state index contributed by atoms with van der Waals surface area (Å²) in [6.07, 6.45) is 1.13. The van der Waals surface area contributed by atoms with Crippen molar-refractivity contribution < 1.29 is 9.72 Å². The second-order valence-electron chi connectivity index (χ2n) is 3.69. The van der Waals surface area contributed by atoms with Crippen molar-refractivity contribution in [2.24, 2.45) is 0 Å². The largest absolute Gasteiger partial charge is 0.378 e. The number of benzene rings is 1. The van der Waals surface area contributed by atoms with Gasteiger partial charge in [-0.1, -0.05) is 23.2 Å². The van der Waals surface area contributed by atoms with Crippen molar-refractivity contribution in [3.05, 3.63) is 55.8 Å². The van der Waals surface area contributed by atoms with Crippen molar-refractivity contribution in [1.82, 2.24) is 4.90 Å². The van der Waals surface area contributed by atoms with Crippen LogP contribution in [0.1, 0.15) is 10.4 Å². The van der Waals surface area contributed by atoms with Gasteiger partial charge in [-0.05, 0) is 18.2 Å². The van der Waals surface area contributed by atoms with Crippen LogP contribution in [0.2, 0.25) is 10.0 Å². The summed E-state index contributed by atoms with van der Waals surface area (Å²) in [5.41, 5.74) is -0.505. The molecule has 0 saturated heterocycles. The number of hydrogen-bond donors (Lipinski definition) is 0. The molecule has 0 aliphatic carbocycles. The number of carbonyl (C=O) groups is 1. The number of Topliss-reactive ketones (excluding diaryl/α,β-unsaturated/α-hetero) is 1. The maximum Gasteiger partial charge on any atom is 0.332 e. The first-order valence-corrected chi connectivity index (χ1v) is 5.61. The zero-order valence-corrected chi connectivity index (χ0v) is 11.2. The van der Waals surface area contributed by atoms with Crippen molar-refractivity contribution in [2.45, 2.75) is 0 Å². The summed E-state index contributed by atoms with van der Waals surface area (Å²) in [4.78, 5) is 23.5. The lowest BCUT2D eigenvalue weighted by atomic mass is 10.1. The topological polar surface area (TPSA) is 63.5 Å². The van der Waals surface area contributed by atoms with E-state index in [4.69, 9.17) is 23.2 Å². The van der Waals surface area contributed by atoms with E-state index in [2.05, 4.69) is 0 Å². The molecule has 0 bridgehead atoms. The van der Waals surface area contributed by atoms with Crippen molar-refractivity contribution in [3.63, 3.8) is 0 Å². The first-order chi connectivity index (χ1) is 8.32. The maximum atomic E-state index is 12.0. The van der Waals surface area contributed by atoms with Gasteiger partial charge in [-0.15, -0.1) is 0 Å². The lowest BCUT2D eigenvalue weighted by Crippen LogP contribution is -2.16. The molecule has 0 heterocycles. The number of rotatable bonds is 4. The number of halogens is 2. The summed E-state index contributed by atoms with van der Waals surface area (Å²) >= 11 is 11.5. The van der Waals surface area contributed by atoms with Gasteiger partial charge >= 0.3 is 5.70 Å². The Morgan fingerprint density at radius 3 is 2.44 bits per heavy atom.